The van der Waals surface area contributed by atoms with Crippen LogP contribution < -0.4 is 10.6 Å². The van der Waals surface area contributed by atoms with Crippen LogP contribution in [0.5, 0.6) is 0 Å². The van der Waals surface area contributed by atoms with Crippen LogP contribution in [0.25, 0.3) is 0 Å². The maximum Gasteiger partial charge on any atom is 0.191 e. The van der Waals surface area contributed by atoms with Crippen molar-refractivity contribution in [3.63, 3.8) is 0 Å². The summed E-state index contributed by atoms with van der Waals surface area (Å²) in [5, 5.41) is 14.3. The van der Waals surface area contributed by atoms with Gasteiger partial charge in [-0.2, -0.15) is 0 Å². The van der Waals surface area contributed by atoms with Crippen LogP contribution in [0.3, 0.4) is 0 Å². The molecule has 1 aromatic heterocycles. The molecule has 7 heteroatoms. The van der Waals surface area contributed by atoms with E-state index in [9.17, 15) is 0 Å². The molecule has 0 aliphatic carbocycles. The van der Waals surface area contributed by atoms with E-state index in [1.54, 1.807) is 6.33 Å². The highest BCUT2D eigenvalue weighted by Crippen LogP contribution is 1.98. The zero-order valence-corrected chi connectivity index (χ0v) is 13.6. The summed E-state index contributed by atoms with van der Waals surface area (Å²) >= 11 is 0. The van der Waals surface area contributed by atoms with E-state index >= 15 is 0 Å². The molecule has 0 fully saturated rings. The standard InChI is InChI=1S/C14H28N6O/c1-5-15-14(16-7-9-21-8-6-12(2)3)17-10-13-19-18-11-20(13)4/h11-12H,5-10H2,1-4H3,(H2,15,16,17). The minimum atomic E-state index is 0.500. The molecule has 120 valence electrons. The first-order valence-corrected chi connectivity index (χ1v) is 7.56. The number of aliphatic imine (C=N–C) groups is 1. The first kappa shape index (κ1) is 17.4. The number of hydrogen-bond acceptors (Lipinski definition) is 4. The maximum atomic E-state index is 5.57. The van der Waals surface area contributed by atoms with Crippen LogP contribution in [0.15, 0.2) is 11.3 Å². The lowest BCUT2D eigenvalue weighted by Gasteiger charge is -2.11. The van der Waals surface area contributed by atoms with Gasteiger partial charge in [-0.15, -0.1) is 10.2 Å². The van der Waals surface area contributed by atoms with E-state index < -0.39 is 0 Å². The van der Waals surface area contributed by atoms with E-state index in [1.807, 2.05) is 18.5 Å². The average molecular weight is 296 g/mol. The molecule has 1 aromatic rings. The molecule has 0 aromatic carbocycles. The second kappa shape index (κ2) is 10.1. The van der Waals surface area contributed by atoms with Crippen LogP contribution in [-0.4, -0.2) is 47.0 Å². The first-order valence-electron chi connectivity index (χ1n) is 7.56. The number of aryl methyl sites for hydroxylation is 1. The number of rotatable bonds is 9. The Bertz CT molecular complexity index is 415. The molecule has 0 saturated heterocycles. The molecule has 0 bridgehead atoms. The first-order chi connectivity index (χ1) is 10.1. The van der Waals surface area contributed by atoms with Gasteiger partial charge in [0.05, 0.1) is 6.61 Å². The Morgan fingerprint density at radius 2 is 2.19 bits per heavy atom. The molecule has 0 unspecified atom stereocenters. The molecule has 0 atom stereocenters. The van der Waals surface area contributed by atoms with Gasteiger partial charge in [-0.3, -0.25) is 0 Å². The van der Waals surface area contributed by atoms with Crippen molar-refractivity contribution in [1.82, 2.24) is 25.4 Å². The predicted molar refractivity (Wildman–Crippen MR) is 84.1 cm³/mol. The van der Waals surface area contributed by atoms with E-state index in [-0.39, 0.29) is 0 Å². The number of hydrogen-bond donors (Lipinski definition) is 2. The van der Waals surface area contributed by atoms with Crippen LogP contribution in [0.2, 0.25) is 0 Å². The average Bonchev–Trinajstić information content (AvgIpc) is 2.85. The fourth-order valence-corrected chi connectivity index (χ4v) is 1.60. The molecule has 0 saturated carbocycles. The normalized spacial score (nSPS) is 12.0. The molecule has 0 radical (unpaired) electrons. The van der Waals surface area contributed by atoms with Crippen molar-refractivity contribution in [2.75, 3.05) is 26.3 Å². The molecule has 2 N–H and O–H groups in total. The smallest absolute Gasteiger partial charge is 0.191 e. The number of nitrogens with one attached hydrogen (secondary N) is 2. The van der Waals surface area contributed by atoms with Crippen LogP contribution >= 0.6 is 0 Å². The highest BCUT2D eigenvalue weighted by atomic mass is 16.5. The third-order valence-electron chi connectivity index (χ3n) is 2.91. The Hall–Kier alpha value is -1.63. The maximum absolute atomic E-state index is 5.57. The van der Waals surface area contributed by atoms with Crippen molar-refractivity contribution in [2.24, 2.45) is 18.0 Å². The zero-order chi connectivity index (χ0) is 15.5. The molecule has 1 rings (SSSR count). The molecule has 0 aliphatic heterocycles. The largest absolute Gasteiger partial charge is 0.380 e. The summed E-state index contributed by atoms with van der Waals surface area (Å²) in [6, 6.07) is 0. The minimum absolute atomic E-state index is 0.500. The summed E-state index contributed by atoms with van der Waals surface area (Å²) < 4.78 is 7.43. The Kier molecular flexibility index (Phi) is 8.42. The van der Waals surface area contributed by atoms with Crippen molar-refractivity contribution in [2.45, 2.75) is 33.7 Å². The second-order valence-corrected chi connectivity index (χ2v) is 5.27. The van der Waals surface area contributed by atoms with E-state index in [4.69, 9.17) is 4.74 Å². The van der Waals surface area contributed by atoms with Crippen LogP contribution in [0.1, 0.15) is 33.0 Å². The fourth-order valence-electron chi connectivity index (χ4n) is 1.60. The second-order valence-electron chi connectivity index (χ2n) is 5.27. The van der Waals surface area contributed by atoms with Gasteiger partial charge in [0, 0.05) is 26.7 Å². The third kappa shape index (κ3) is 7.65. The summed E-state index contributed by atoms with van der Waals surface area (Å²) in [4.78, 5) is 4.48. The third-order valence-corrected chi connectivity index (χ3v) is 2.91. The van der Waals surface area contributed by atoms with Crippen LogP contribution in [0.4, 0.5) is 0 Å². The van der Waals surface area contributed by atoms with E-state index in [1.165, 1.54) is 0 Å². The summed E-state index contributed by atoms with van der Waals surface area (Å²) in [5.41, 5.74) is 0. The Morgan fingerprint density at radius 1 is 1.38 bits per heavy atom. The van der Waals surface area contributed by atoms with Gasteiger partial charge >= 0.3 is 0 Å². The van der Waals surface area contributed by atoms with Gasteiger partial charge in [0.2, 0.25) is 0 Å². The van der Waals surface area contributed by atoms with Crippen molar-refractivity contribution in [3.8, 4) is 0 Å². The number of ether oxygens (including phenoxy) is 1. The number of guanidine groups is 1. The minimum Gasteiger partial charge on any atom is -0.380 e. The van der Waals surface area contributed by atoms with Crippen molar-refractivity contribution >= 4 is 5.96 Å². The number of aromatic nitrogens is 3. The van der Waals surface area contributed by atoms with Gasteiger partial charge in [-0.25, -0.2) is 4.99 Å². The highest BCUT2D eigenvalue weighted by molar-refractivity contribution is 5.79. The Labute approximate surface area is 127 Å². The molecule has 0 aliphatic rings. The van der Waals surface area contributed by atoms with E-state index in [2.05, 4.69) is 39.7 Å². The predicted octanol–water partition coefficient (Wildman–Crippen LogP) is 0.933. The van der Waals surface area contributed by atoms with Gasteiger partial charge in [-0.1, -0.05) is 13.8 Å². The fraction of sp³-hybridized carbons (Fsp3) is 0.786. The topological polar surface area (TPSA) is 76.4 Å². The van der Waals surface area contributed by atoms with Gasteiger partial charge in [0.1, 0.15) is 12.9 Å². The van der Waals surface area contributed by atoms with Gasteiger partial charge in [0.15, 0.2) is 11.8 Å². The van der Waals surface area contributed by atoms with E-state index in [0.29, 0.717) is 19.1 Å². The lowest BCUT2D eigenvalue weighted by Crippen LogP contribution is -2.39. The molecule has 0 amide bonds. The van der Waals surface area contributed by atoms with Gasteiger partial charge in [-0.05, 0) is 19.3 Å². The van der Waals surface area contributed by atoms with Gasteiger partial charge < -0.3 is 19.9 Å². The van der Waals surface area contributed by atoms with Gasteiger partial charge in [0.25, 0.3) is 0 Å². The molecule has 1 heterocycles. The summed E-state index contributed by atoms with van der Waals surface area (Å²) in [6.45, 7) is 9.99. The molecular formula is C14H28N6O. The molecule has 21 heavy (non-hydrogen) atoms. The van der Waals surface area contributed by atoms with E-state index in [0.717, 1.165) is 37.9 Å². The Morgan fingerprint density at radius 3 is 2.81 bits per heavy atom. The lowest BCUT2D eigenvalue weighted by atomic mass is 10.1. The summed E-state index contributed by atoms with van der Waals surface area (Å²) in [6.07, 6.45) is 2.77. The summed E-state index contributed by atoms with van der Waals surface area (Å²) in [7, 11) is 1.91. The molecule has 0 spiro atoms. The van der Waals surface area contributed by atoms with Crippen LogP contribution in [-0.2, 0) is 18.3 Å². The molecule has 7 nitrogen and oxygen atoms in total. The quantitative estimate of drug-likeness (QED) is 0.403. The molecular weight excluding hydrogens is 268 g/mol. The summed E-state index contributed by atoms with van der Waals surface area (Å²) in [5.74, 6) is 2.29. The van der Waals surface area contributed by atoms with Crippen LogP contribution in [0, 0.1) is 5.92 Å². The zero-order valence-electron chi connectivity index (χ0n) is 13.6. The number of nitrogens with zero attached hydrogens (tertiary/aromatic N) is 4. The van der Waals surface area contributed by atoms with Crippen molar-refractivity contribution in [1.29, 1.82) is 0 Å². The SMILES string of the molecule is CCNC(=NCc1nncn1C)NCCOCCC(C)C. The highest BCUT2D eigenvalue weighted by Gasteiger charge is 2.01. The Balaban J connectivity index is 2.27. The lowest BCUT2D eigenvalue weighted by molar-refractivity contribution is 0.128. The van der Waals surface area contributed by atoms with Crippen molar-refractivity contribution < 1.29 is 4.74 Å². The monoisotopic (exact) mass is 296 g/mol. The van der Waals surface area contributed by atoms with Crippen molar-refractivity contribution in [3.05, 3.63) is 12.2 Å².